The molecule has 1 fully saturated rings. The standard InChI is InChI=1S/C14H20N2O2S/c1-4-6-11-12(17)16(9-10-7-5-8-19-10)14(2,3)13(18)15-11/h5,7-8,11H,4,6,9H2,1-3H3,(H,15,18). The highest BCUT2D eigenvalue weighted by molar-refractivity contribution is 7.09. The Balaban J connectivity index is 2.24. The Morgan fingerprint density at radius 1 is 1.42 bits per heavy atom. The summed E-state index contributed by atoms with van der Waals surface area (Å²) in [6.45, 7) is 6.13. The van der Waals surface area contributed by atoms with E-state index >= 15 is 0 Å². The van der Waals surface area contributed by atoms with Gasteiger partial charge in [-0.1, -0.05) is 19.4 Å². The van der Waals surface area contributed by atoms with Crippen molar-refractivity contribution in [3.63, 3.8) is 0 Å². The van der Waals surface area contributed by atoms with Crippen LogP contribution < -0.4 is 5.32 Å². The van der Waals surface area contributed by atoms with Gasteiger partial charge in [0, 0.05) is 4.88 Å². The maximum Gasteiger partial charge on any atom is 0.246 e. The largest absolute Gasteiger partial charge is 0.342 e. The molecule has 1 aromatic rings. The first-order chi connectivity index (χ1) is 8.96. The Labute approximate surface area is 117 Å². The zero-order valence-electron chi connectivity index (χ0n) is 11.6. The number of nitrogens with one attached hydrogen (secondary N) is 1. The molecule has 104 valence electrons. The number of amides is 2. The lowest BCUT2D eigenvalue weighted by Gasteiger charge is -2.44. The van der Waals surface area contributed by atoms with E-state index < -0.39 is 5.54 Å². The number of rotatable bonds is 4. The highest BCUT2D eigenvalue weighted by atomic mass is 32.1. The van der Waals surface area contributed by atoms with Crippen molar-refractivity contribution in [1.82, 2.24) is 10.2 Å². The molecule has 1 saturated heterocycles. The van der Waals surface area contributed by atoms with Gasteiger partial charge in [-0.3, -0.25) is 9.59 Å². The van der Waals surface area contributed by atoms with Crippen LogP contribution in [0.25, 0.3) is 0 Å². The third kappa shape index (κ3) is 2.66. The number of carbonyl (C=O) groups excluding carboxylic acids is 2. The van der Waals surface area contributed by atoms with Crippen LogP contribution in [0.5, 0.6) is 0 Å². The fourth-order valence-corrected chi connectivity index (χ4v) is 2.99. The molecule has 19 heavy (non-hydrogen) atoms. The van der Waals surface area contributed by atoms with Gasteiger partial charge in [0.1, 0.15) is 11.6 Å². The van der Waals surface area contributed by atoms with Crippen molar-refractivity contribution in [3.05, 3.63) is 22.4 Å². The van der Waals surface area contributed by atoms with E-state index in [9.17, 15) is 9.59 Å². The molecule has 0 aromatic carbocycles. The number of carbonyl (C=O) groups is 2. The van der Waals surface area contributed by atoms with Crippen LogP contribution in [0.4, 0.5) is 0 Å². The molecule has 1 unspecified atom stereocenters. The molecule has 2 heterocycles. The smallest absolute Gasteiger partial charge is 0.246 e. The van der Waals surface area contributed by atoms with Crippen LogP contribution in [0, 0.1) is 0 Å². The summed E-state index contributed by atoms with van der Waals surface area (Å²) in [5.74, 6) is -0.0399. The van der Waals surface area contributed by atoms with Gasteiger partial charge in [0.25, 0.3) is 0 Å². The molecular formula is C14H20N2O2S. The van der Waals surface area contributed by atoms with Crippen LogP contribution in [-0.2, 0) is 16.1 Å². The molecule has 1 N–H and O–H groups in total. The number of hydrogen-bond donors (Lipinski definition) is 1. The lowest BCUT2D eigenvalue weighted by atomic mass is 9.94. The van der Waals surface area contributed by atoms with E-state index in [-0.39, 0.29) is 17.9 Å². The molecular weight excluding hydrogens is 260 g/mol. The van der Waals surface area contributed by atoms with Crippen molar-refractivity contribution in [1.29, 1.82) is 0 Å². The molecule has 0 bridgehead atoms. The number of nitrogens with zero attached hydrogens (tertiary/aromatic N) is 1. The summed E-state index contributed by atoms with van der Waals surface area (Å²) in [5, 5.41) is 4.83. The summed E-state index contributed by atoms with van der Waals surface area (Å²) in [7, 11) is 0. The molecule has 1 aliphatic rings. The Hall–Kier alpha value is -1.36. The first kappa shape index (κ1) is 14.1. The van der Waals surface area contributed by atoms with Crippen LogP contribution in [0.1, 0.15) is 38.5 Å². The van der Waals surface area contributed by atoms with Crippen LogP contribution >= 0.6 is 11.3 Å². The third-order valence-electron chi connectivity index (χ3n) is 3.57. The summed E-state index contributed by atoms with van der Waals surface area (Å²) in [5.41, 5.74) is -0.786. The van der Waals surface area contributed by atoms with Crippen molar-refractivity contribution in [2.45, 2.75) is 51.7 Å². The molecule has 2 rings (SSSR count). The Bertz CT molecular complexity index is 468. The Morgan fingerprint density at radius 3 is 2.74 bits per heavy atom. The predicted octanol–water partition coefficient (Wildman–Crippen LogP) is 2.15. The van der Waals surface area contributed by atoms with Gasteiger partial charge < -0.3 is 10.2 Å². The average molecular weight is 280 g/mol. The van der Waals surface area contributed by atoms with E-state index in [4.69, 9.17) is 0 Å². The molecule has 5 heteroatoms. The molecule has 1 aliphatic heterocycles. The van der Waals surface area contributed by atoms with Gasteiger partial charge in [0.05, 0.1) is 6.54 Å². The van der Waals surface area contributed by atoms with Crippen LogP contribution in [0.3, 0.4) is 0 Å². The number of hydrogen-bond acceptors (Lipinski definition) is 3. The summed E-state index contributed by atoms with van der Waals surface area (Å²) in [6, 6.07) is 3.59. The first-order valence-corrected chi connectivity index (χ1v) is 7.49. The Morgan fingerprint density at radius 2 is 2.16 bits per heavy atom. The van der Waals surface area contributed by atoms with E-state index in [0.29, 0.717) is 13.0 Å². The molecule has 2 amide bonds. The second-order valence-corrected chi connectivity index (χ2v) is 6.41. The van der Waals surface area contributed by atoms with Crippen molar-refractivity contribution in [2.75, 3.05) is 0 Å². The topological polar surface area (TPSA) is 49.4 Å². The van der Waals surface area contributed by atoms with E-state index in [0.717, 1.165) is 11.3 Å². The van der Waals surface area contributed by atoms with E-state index in [2.05, 4.69) is 5.32 Å². The van der Waals surface area contributed by atoms with Gasteiger partial charge >= 0.3 is 0 Å². The van der Waals surface area contributed by atoms with Crippen LogP contribution in [-0.4, -0.2) is 28.3 Å². The molecule has 1 atom stereocenters. The highest BCUT2D eigenvalue weighted by Crippen LogP contribution is 2.26. The van der Waals surface area contributed by atoms with Gasteiger partial charge in [-0.2, -0.15) is 0 Å². The predicted molar refractivity (Wildman–Crippen MR) is 75.8 cm³/mol. The van der Waals surface area contributed by atoms with Crippen molar-refractivity contribution >= 4 is 23.2 Å². The zero-order chi connectivity index (χ0) is 14.0. The minimum Gasteiger partial charge on any atom is -0.342 e. The fourth-order valence-electron chi connectivity index (χ4n) is 2.30. The maximum absolute atomic E-state index is 12.5. The van der Waals surface area contributed by atoms with E-state index in [1.54, 1.807) is 30.1 Å². The molecule has 0 spiro atoms. The normalized spacial score (nSPS) is 22.5. The minimum atomic E-state index is -0.786. The lowest BCUT2D eigenvalue weighted by molar-refractivity contribution is -0.156. The van der Waals surface area contributed by atoms with Gasteiger partial charge in [0.15, 0.2) is 0 Å². The molecule has 0 aliphatic carbocycles. The molecule has 4 nitrogen and oxygen atoms in total. The summed E-state index contributed by atoms with van der Waals surface area (Å²) >= 11 is 1.61. The van der Waals surface area contributed by atoms with Crippen molar-refractivity contribution in [2.24, 2.45) is 0 Å². The van der Waals surface area contributed by atoms with Gasteiger partial charge in [0.2, 0.25) is 11.8 Å². The molecule has 1 aromatic heterocycles. The second kappa shape index (κ2) is 5.33. The number of piperazine rings is 1. The van der Waals surface area contributed by atoms with E-state index in [1.807, 2.05) is 24.4 Å². The van der Waals surface area contributed by atoms with Crippen LogP contribution in [0.2, 0.25) is 0 Å². The van der Waals surface area contributed by atoms with Gasteiger partial charge in [-0.05, 0) is 31.7 Å². The molecule has 0 saturated carbocycles. The van der Waals surface area contributed by atoms with E-state index in [1.165, 1.54) is 0 Å². The second-order valence-electron chi connectivity index (χ2n) is 5.38. The summed E-state index contributed by atoms with van der Waals surface area (Å²) < 4.78 is 0. The monoisotopic (exact) mass is 280 g/mol. The quantitative estimate of drug-likeness (QED) is 0.918. The first-order valence-electron chi connectivity index (χ1n) is 6.61. The average Bonchev–Trinajstić information content (AvgIpc) is 2.85. The fraction of sp³-hybridized carbons (Fsp3) is 0.571. The number of thiophene rings is 1. The van der Waals surface area contributed by atoms with Gasteiger partial charge in [-0.25, -0.2) is 0 Å². The third-order valence-corrected chi connectivity index (χ3v) is 4.43. The maximum atomic E-state index is 12.5. The summed E-state index contributed by atoms with van der Waals surface area (Å²) in [4.78, 5) is 27.5. The lowest BCUT2D eigenvalue weighted by Crippen LogP contribution is -2.67. The summed E-state index contributed by atoms with van der Waals surface area (Å²) in [6.07, 6.45) is 1.57. The SMILES string of the molecule is CCCC1NC(=O)C(C)(C)N(Cc2cccs2)C1=O. The van der Waals surface area contributed by atoms with Crippen LogP contribution in [0.15, 0.2) is 17.5 Å². The van der Waals surface area contributed by atoms with Crippen molar-refractivity contribution < 1.29 is 9.59 Å². The van der Waals surface area contributed by atoms with Gasteiger partial charge in [-0.15, -0.1) is 11.3 Å². The highest BCUT2D eigenvalue weighted by Gasteiger charge is 2.45. The minimum absolute atomic E-state index is 0.0276. The Kier molecular flexibility index (Phi) is 3.94. The zero-order valence-corrected chi connectivity index (χ0v) is 12.4. The van der Waals surface area contributed by atoms with Crippen molar-refractivity contribution in [3.8, 4) is 0 Å². The molecule has 0 radical (unpaired) electrons.